The Morgan fingerprint density at radius 2 is 1.93 bits per heavy atom. The number of nitrogens with two attached hydrogens (primary N) is 1. The van der Waals surface area contributed by atoms with E-state index >= 15 is 0 Å². The van der Waals surface area contributed by atoms with Crippen molar-refractivity contribution in [3.8, 4) is 0 Å². The summed E-state index contributed by atoms with van der Waals surface area (Å²) in [6.07, 6.45) is 0. The van der Waals surface area contributed by atoms with Gasteiger partial charge >= 0.3 is 5.97 Å². The third-order valence-electron chi connectivity index (χ3n) is 1.83. The number of carbonyl (C=O) groups is 2. The first kappa shape index (κ1) is 11.4. The number of esters is 1. The fourth-order valence-electron chi connectivity index (χ4n) is 0.980. The van der Waals surface area contributed by atoms with Crippen molar-refractivity contribution >= 4 is 11.8 Å². The standard InChI is InChI=1S/C11H13NO3/c1-8(12)10(13)11(14)15-7-9-5-3-2-4-6-9/h2-6,8H,7,12H2,1H3/t8-/m0/s1. The van der Waals surface area contributed by atoms with Gasteiger partial charge in [-0.1, -0.05) is 30.3 Å². The quantitative estimate of drug-likeness (QED) is 0.581. The highest BCUT2D eigenvalue weighted by atomic mass is 16.5. The van der Waals surface area contributed by atoms with Gasteiger partial charge in [0.15, 0.2) is 0 Å². The Kier molecular flexibility index (Phi) is 4.00. The molecule has 1 aromatic carbocycles. The second kappa shape index (κ2) is 5.26. The number of rotatable bonds is 4. The molecular formula is C11H13NO3. The summed E-state index contributed by atoms with van der Waals surface area (Å²) in [5.74, 6) is -1.58. The van der Waals surface area contributed by atoms with Crippen molar-refractivity contribution in [2.45, 2.75) is 19.6 Å². The van der Waals surface area contributed by atoms with Gasteiger partial charge in [0.05, 0.1) is 6.04 Å². The van der Waals surface area contributed by atoms with E-state index in [0.717, 1.165) is 5.56 Å². The highest BCUT2D eigenvalue weighted by Crippen LogP contribution is 2.01. The van der Waals surface area contributed by atoms with Crippen LogP contribution in [0.5, 0.6) is 0 Å². The fraction of sp³-hybridized carbons (Fsp3) is 0.273. The number of hydrogen-bond donors (Lipinski definition) is 1. The molecule has 4 nitrogen and oxygen atoms in total. The molecule has 0 amide bonds. The van der Waals surface area contributed by atoms with E-state index in [9.17, 15) is 9.59 Å². The number of ketones is 1. The van der Waals surface area contributed by atoms with Gasteiger partial charge in [0.1, 0.15) is 6.61 Å². The van der Waals surface area contributed by atoms with Crippen LogP contribution in [0.15, 0.2) is 30.3 Å². The van der Waals surface area contributed by atoms with E-state index in [-0.39, 0.29) is 6.61 Å². The fourth-order valence-corrected chi connectivity index (χ4v) is 0.980. The van der Waals surface area contributed by atoms with Crippen molar-refractivity contribution in [1.29, 1.82) is 0 Å². The van der Waals surface area contributed by atoms with Crippen LogP contribution in [0.2, 0.25) is 0 Å². The van der Waals surface area contributed by atoms with Gasteiger partial charge in [0, 0.05) is 0 Å². The summed E-state index contributed by atoms with van der Waals surface area (Å²) in [6, 6.07) is 8.33. The Hall–Kier alpha value is -1.68. The number of hydrogen-bond acceptors (Lipinski definition) is 4. The molecule has 0 aromatic heterocycles. The average Bonchev–Trinajstić information content (AvgIpc) is 2.26. The molecule has 15 heavy (non-hydrogen) atoms. The maximum atomic E-state index is 11.1. The Labute approximate surface area is 88.0 Å². The molecule has 0 aliphatic rings. The predicted octanol–water partition coefficient (Wildman–Crippen LogP) is 0.646. The smallest absolute Gasteiger partial charge is 0.376 e. The third kappa shape index (κ3) is 3.52. The lowest BCUT2D eigenvalue weighted by atomic mass is 10.2. The van der Waals surface area contributed by atoms with Crippen LogP contribution in [0.4, 0.5) is 0 Å². The minimum atomic E-state index is -0.881. The normalized spacial score (nSPS) is 11.9. The zero-order valence-electron chi connectivity index (χ0n) is 8.47. The van der Waals surface area contributed by atoms with E-state index in [4.69, 9.17) is 10.5 Å². The van der Waals surface area contributed by atoms with E-state index in [1.807, 2.05) is 30.3 Å². The van der Waals surface area contributed by atoms with Gasteiger partial charge in [-0.2, -0.15) is 0 Å². The van der Waals surface area contributed by atoms with Crippen LogP contribution in [-0.2, 0) is 20.9 Å². The summed E-state index contributed by atoms with van der Waals surface area (Å²) >= 11 is 0. The van der Waals surface area contributed by atoms with Crippen LogP contribution in [0.25, 0.3) is 0 Å². The first-order valence-corrected chi connectivity index (χ1v) is 4.61. The lowest BCUT2D eigenvalue weighted by Crippen LogP contribution is -2.34. The average molecular weight is 207 g/mol. The van der Waals surface area contributed by atoms with Crippen LogP contribution in [0, 0.1) is 0 Å². The van der Waals surface area contributed by atoms with Gasteiger partial charge in [-0.3, -0.25) is 4.79 Å². The van der Waals surface area contributed by atoms with Crippen molar-refractivity contribution in [3.63, 3.8) is 0 Å². The van der Waals surface area contributed by atoms with Gasteiger partial charge in [-0.05, 0) is 12.5 Å². The third-order valence-corrected chi connectivity index (χ3v) is 1.83. The van der Waals surface area contributed by atoms with E-state index in [2.05, 4.69) is 0 Å². The van der Waals surface area contributed by atoms with Crippen molar-refractivity contribution in [2.24, 2.45) is 5.73 Å². The number of benzene rings is 1. The molecule has 0 bridgehead atoms. The first-order valence-electron chi connectivity index (χ1n) is 4.61. The summed E-state index contributed by atoms with van der Waals surface area (Å²) < 4.78 is 4.78. The van der Waals surface area contributed by atoms with Crippen molar-refractivity contribution in [1.82, 2.24) is 0 Å². The molecule has 0 aliphatic heterocycles. The van der Waals surface area contributed by atoms with Crippen LogP contribution in [-0.4, -0.2) is 17.8 Å². The molecule has 1 atom stereocenters. The van der Waals surface area contributed by atoms with Crippen LogP contribution in [0.3, 0.4) is 0 Å². The zero-order chi connectivity index (χ0) is 11.3. The molecule has 0 heterocycles. The monoisotopic (exact) mass is 207 g/mol. The minimum absolute atomic E-state index is 0.0954. The minimum Gasteiger partial charge on any atom is -0.455 e. The van der Waals surface area contributed by atoms with Gasteiger partial charge < -0.3 is 10.5 Å². The molecule has 0 fully saturated rings. The van der Waals surface area contributed by atoms with Crippen LogP contribution in [0.1, 0.15) is 12.5 Å². The molecule has 0 radical (unpaired) electrons. The second-order valence-corrected chi connectivity index (χ2v) is 3.21. The molecule has 1 rings (SSSR count). The summed E-state index contributed by atoms with van der Waals surface area (Å²) in [5, 5.41) is 0. The largest absolute Gasteiger partial charge is 0.455 e. The SMILES string of the molecule is C[C@H](N)C(=O)C(=O)OCc1ccccc1. The van der Waals surface area contributed by atoms with E-state index in [1.54, 1.807) is 0 Å². The van der Waals surface area contributed by atoms with Gasteiger partial charge in [0.25, 0.3) is 5.78 Å². The molecule has 0 spiro atoms. The molecular weight excluding hydrogens is 194 g/mol. The maximum Gasteiger partial charge on any atom is 0.376 e. The van der Waals surface area contributed by atoms with Crippen LogP contribution < -0.4 is 5.73 Å². The van der Waals surface area contributed by atoms with E-state index in [0.29, 0.717) is 0 Å². The Morgan fingerprint density at radius 3 is 2.47 bits per heavy atom. The second-order valence-electron chi connectivity index (χ2n) is 3.21. The summed E-state index contributed by atoms with van der Waals surface area (Å²) in [5.41, 5.74) is 6.09. The molecule has 0 saturated carbocycles. The molecule has 4 heteroatoms. The predicted molar refractivity (Wildman–Crippen MR) is 54.9 cm³/mol. The van der Waals surface area contributed by atoms with Crippen LogP contribution >= 0.6 is 0 Å². The molecule has 0 aliphatic carbocycles. The highest BCUT2D eigenvalue weighted by molar-refractivity contribution is 6.35. The molecule has 2 N–H and O–H groups in total. The Bertz CT molecular complexity index is 346. The number of ether oxygens (including phenoxy) is 1. The van der Waals surface area contributed by atoms with Crippen molar-refractivity contribution in [3.05, 3.63) is 35.9 Å². The van der Waals surface area contributed by atoms with Gasteiger partial charge in [-0.25, -0.2) is 4.79 Å². The maximum absolute atomic E-state index is 11.1. The molecule has 0 unspecified atom stereocenters. The zero-order valence-corrected chi connectivity index (χ0v) is 8.47. The topological polar surface area (TPSA) is 69.4 Å². The number of Topliss-reactive ketones (excluding diaryl/α,β-unsaturated/α-hetero) is 1. The first-order chi connectivity index (χ1) is 7.11. The Morgan fingerprint density at radius 1 is 1.33 bits per heavy atom. The Balaban J connectivity index is 2.45. The van der Waals surface area contributed by atoms with E-state index in [1.165, 1.54) is 6.92 Å². The van der Waals surface area contributed by atoms with Crippen molar-refractivity contribution < 1.29 is 14.3 Å². The summed E-state index contributed by atoms with van der Waals surface area (Å²) in [4.78, 5) is 22.2. The van der Waals surface area contributed by atoms with E-state index < -0.39 is 17.8 Å². The lowest BCUT2D eigenvalue weighted by molar-refractivity contribution is -0.155. The van der Waals surface area contributed by atoms with Gasteiger partial charge in [0.2, 0.25) is 0 Å². The van der Waals surface area contributed by atoms with Gasteiger partial charge in [-0.15, -0.1) is 0 Å². The summed E-state index contributed by atoms with van der Waals surface area (Å²) in [6.45, 7) is 1.55. The number of carbonyl (C=O) groups excluding carboxylic acids is 2. The highest BCUT2D eigenvalue weighted by Gasteiger charge is 2.19. The molecule has 1 aromatic rings. The molecule has 0 saturated heterocycles. The summed E-state index contributed by atoms with van der Waals surface area (Å²) in [7, 11) is 0. The lowest BCUT2D eigenvalue weighted by Gasteiger charge is -2.05. The molecule has 80 valence electrons. The van der Waals surface area contributed by atoms with Crippen molar-refractivity contribution in [2.75, 3.05) is 0 Å².